The molecule has 0 radical (unpaired) electrons. The molecule has 1 heterocycles. The maximum absolute atomic E-state index is 13.4. The highest BCUT2D eigenvalue weighted by Gasteiger charge is 2.10. The van der Waals surface area contributed by atoms with Crippen LogP contribution in [0.25, 0.3) is 11.4 Å². The third kappa shape index (κ3) is 2.83. The van der Waals surface area contributed by atoms with Gasteiger partial charge in [-0.2, -0.15) is 0 Å². The predicted molar refractivity (Wildman–Crippen MR) is 70.8 cm³/mol. The summed E-state index contributed by atoms with van der Waals surface area (Å²) in [6.07, 6.45) is 0.240. The van der Waals surface area contributed by atoms with E-state index >= 15 is 0 Å². The second-order valence-electron chi connectivity index (χ2n) is 4.08. The minimum absolute atomic E-state index is 0.0136. The van der Waals surface area contributed by atoms with Gasteiger partial charge in [0.15, 0.2) is 0 Å². The average Bonchev–Trinajstić information content (AvgIpc) is 2.37. The fourth-order valence-corrected chi connectivity index (χ4v) is 1.91. The molecule has 0 saturated carbocycles. The SMILES string of the molecule is Cc1nc(-c2ccc(Cl)c(F)c2)[nH]c(=O)c1CCO. The molecular weight excluding hydrogens is 271 g/mol. The van der Waals surface area contributed by atoms with Gasteiger partial charge in [0.25, 0.3) is 5.56 Å². The van der Waals surface area contributed by atoms with Crippen LogP contribution in [0.2, 0.25) is 5.02 Å². The van der Waals surface area contributed by atoms with Crippen molar-refractivity contribution in [2.24, 2.45) is 0 Å². The molecule has 6 heteroatoms. The molecule has 1 aromatic carbocycles. The number of aromatic nitrogens is 2. The average molecular weight is 283 g/mol. The Kier molecular flexibility index (Phi) is 3.97. The second-order valence-corrected chi connectivity index (χ2v) is 4.49. The van der Waals surface area contributed by atoms with E-state index in [4.69, 9.17) is 16.7 Å². The zero-order valence-corrected chi connectivity index (χ0v) is 11.0. The van der Waals surface area contributed by atoms with Crippen molar-refractivity contribution in [3.8, 4) is 11.4 Å². The lowest BCUT2D eigenvalue weighted by Gasteiger charge is -2.06. The number of hydrogen-bond acceptors (Lipinski definition) is 3. The molecule has 1 aromatic heterocycles. The van der Waals surface area contributed by atoms with Gasteiger partial charge in [-0.3, -0.25) is 4.79 Å². The number of benzene rings is 1. The number of halogens is 2. The number of aliphatic hydroxyl groups excluding tert-OH is 1. The largest absolute Gasteiger partial charge is 0.396 e. The first-order chi connectivity index (χ1) is 9.02. The zero-order valence-electron chi connectivity index (χ0n) is 10.2. The Hall–Kier alpha value is -1.72. The van der Waals surface area contributed by atoms with Gasteiger partial charge in [0.05, 0.1) is 5.02 Å². The number of H-pyrrole nitrogens is 1. The van der Waals surface area contributed by atoms with Crippen LogP contribution in [0.15, 0.2) is 23.0 Å². The van der Waals surface area contributed by atoms with Crippen molar-refractivity contribution in [1.29, 1.82) is 0 Å². The number of nitrogens with zero attached hydrogens (tertiary/aromatic N) is 1. The van der Waals surface area contributed by atoms with Crippen LogP contribution >= 0.6 is 11.6 Å². The molecule has 0 saturated heterocycles. The van der Waals surface area contributed by atoms with Crippen molar-refractivity contribution in [2.75, 3.05) is 6.61 Å². The van der Waals surface area contributed by atoms with Crippen LogP contribution < -0.4 is 5.56 Å². The molecule has 2 N–H and O–H groups in total. The highest BCUT2D eigenvalue weighted by atomic mass is 35.5. The summed E-state index contributed by atoms with van der Waals surface area (Å²) in [6, 6.07) is 4.20. The van der Waals surface area contributed by atoms with E-state index in [1.165, 1.54) is 12.1 Å². The van der Waals surface area contributed by atoms with E-state index in [0.29, 0.717) is 16.8 Å². The maximum atomic E-state index is 13.4. The van der Waals surface area contributed by atoms with E-state index in [1.807, 2.05) is 0 Å². The number of aryl methyl sites for hydroxylation is 1. The fraction of sp³-hybridized carbons (Fsp3) is 0.231. The van der Waals surface area contributed by atoms with Crippen molar-refractivity contribution in [1.82, 2.24) is 9.97 Å². The molecule has 0 unspecified atom stereocenters. The second kappa shape index (κ2) is 5.50. The molecular formula is C13H12ClFN2O2. The van der Waals surface area contributed by atoms with Crippen molar-refractivity contribution in [3.63, 3.8) is 0 Å². The Morgan fingerprint density at radius 3 is 2.79 bits per heavy atom. The van der Waals surface area contributed by atoms with Gasteiger partial charge in [0.2, 0.25) is 0 Å². The van der Waals surface area contributed by atoms with Crippen LogP contribution in [0.4, 0.5) is 4.39 Å². The first-order valence-electron chi connectivity index (χ1n) is 5.69. The Morgan fingerprint density at radius 2 is 2.21 bits per heavy atom. The summed E-state index contributed by atoms with van der Waals surface area (Å²) in [7, 11) is 0. The minimum Gasteiger partial charge on any atom is -0.396 e. The summed E-state index contributed by atoms with van der Waals surface area (Å²) in [5, 5.41) is 8.89. The highest BCUT2D eigenvalue weighted by molar-refractivity contribution is 6.30. The number of hydrogen-bond donors (Lipinski definition) is 2. The fourth-order valence-electron chi connectivity index (χ4n) is 1.80. The first kappa shape index (κ1) is 13.7. The van der Waals surface area contributed by atoms with Crippen LogP contribution in [-0.4, -0.2) is 21.7 Å². The summed E-state index contributed by atoms with van der Waals surface area (Å²) in [5.41, 5.74) is 1.06. The Bertz CT molecular complexity index is 670. The molecule has 100 valence electrons. The maximum Gasteiger partial charge on any atom is 0.254 e. The molecule has 0 bridgehead atoms. The zero-order chi connectivity index (χ0) is 14.0. The quantitative estimate of drug-likeness (QED) is 0.906. The molecule has 0 amide bonds. The lowest BCUT2D eigenvalue weighted by atomic mass is 10.1. The number of aromatic amines is 1. The first-order valence-corrected chi connectivity index (χ1v) is 6.07. The van der Waals surface area contributed by atoms with Gasteiger partial charge in [-0.25, -0.2) is 9.37 Å². The molecule has 4 nitrogen and oxygen atoms in total. The van der Waals surface area contributed by atoms with Gasteiger partial charge in [-0.15, -0.1) is 0 Å². The lowest BCUT2D eigenvalue weighted by molar-refractivity contribution is 0.298. The molecule has 0 fully saturated rings. The van der Waals surface area contributed by atoms with E-state index in [0.717, 1.165) is 0 Å². The summed E-state index contributed by atoms with van der Waals surface area (Å²) >= 11 is 5.60. The summed E-state index contributed by atoms with van der Waals surface area (Å²) in [4.78, 5) is 18.6. The molecule has 19 heavy (non-hydrogen) atoms. The van der Waals surface area contributed by atoms with Crippen LogP contribution in [0.3, 0.4) is 0 Å². The van der Waals surface area contributed by atoms with Crippen LogP contribution in [0.5, 0.6) is 0 Å². The monoisotopic (exact) mass is 282 g/mol. The molecule has 0 atom stereocenters. The highest BCUT2D eigenvalue weighted by Crippen LogP contribution is 2.21. The van der Waals surface area contributed by atoms with Crippen molar-refractivity contribution >= 4 is 11.6 Å². The van der Waals surface area contributed by atoms with Gasteiger partial charge in [-0.05, 0) is 25.1 Å². The van der Waals surface area contributed by atoms with Crippen molar-refractivity contribution in [3.05, 3.63) is 50.7 Å². The minimum atomic E-state index is -0.570. The molecule has 0 spiro atoms. The Labute approximate surface area is 113 Å². The summed E-state index contributed by atoms with van der Waals surface area (Å²) in [6.45, 7) is 1.55. The van der Waals surface area contributed by atoms with Gasteiger partial charge in [0, 0.05) is 29.8 Å². The van der Waals surface area contributed by atoms with E-state index in [9.17, 15) is 9.18 Å². The molecule has 0 aliphatic rings. The van der Waals surface area contributed by atoms with Crippen LogP contribution in [0, 0.1) is 12.7 Å². The molecule has 0 aliphatic heterocycles. The third-order valence-electron chi connectivity index (χ3n) is 2.78. The third-order valence-corrected chi connectivity index (χ3v) is 3.08. The standard InChI is InChI=1S/C13H12ClFN2O2/c1-7-9(4-5-18)13(19)17-12(16-7)8-2-3-10(14)11(15)6-8/h2-3,6,18H,4-5H2,1H3,(H,16,17,19). The lowest BCUT2D eigenvalue weighted by Crippen LogP contribution is -2.18. The van der Waals surface area contributed by atoms with Gasteiger partial charge < -0.3 is 10.1 Å². The Morgan fingerprint density at radius 1 is 1.47 bits per heavy atom. The smallest absolute Gasteiger partial charge is 0.254 e. The predicted octanol–water partition coefficient (Wildman–Crippen LogP) is 2.07. The van der Waals surface area contributed by atoms with Crippen molar-refractivity contribution < 1.29 is 9.50 Å². The van der Waals surface area contributed by atoms with Gasteiger partial charge in [-0.1, -0.05) is 11.6 Å². The van der Waals surface area contributed by atoms with E-state index < -0.39 is 5.82 Å². The van der Waals surface area contributed by atoms with Gasteiger partial charge in [0.1, 0.15) is 11.6 Å². The van der Waals surface area contributed by atoms with Gasteiger partial charge >= 0.3 is 0 Å². The molecule has 0 aliphatic carbocycles. The summed E-state index contributed by atoms with van der Waals surface area (Å²) < 4.78 is 13.4. The normalized spacial score (nSPS) is 10.7. The van der Waals surface area contributed by atoms with Crippen molar-refractivity contribution in [2.45, 2.75) is 13.3 Å². The number of rotatable bonds is 3. The van der Waals surface area contributed by atoms with Crippen LogP contribution in [-0.2, 0) is 6.42 Å². The number of aliphatic hydroxyl groups is 1. The number of nitrogens with one attached hydrogen (secondary N) is 1. The van der Waals surface area contributed by atoms with E-state index in [1.54, 1.807) is 13.0 Å². The molecule has 2 aromatic rings. The summed E-state index contributed by atoms with van der Waals surface area (Å²) in [5.74, 6) is -0.293. The molecule has 2 rings (SSSR count). The van der Waals surface area contributed by atoms with E-state index in [2.05, 4.69) is 9.97 Å². The van der Waals surface area contributed by atoms with E-state index in [-0.39, 0.29) is 29.4 Å². The topological polar surface area (TPSA) is 66.0 Å². The Balaban J connectivity index is 2.52. The van der Waals surface area contributed by atoms with Crippen LogP contribution in [0.1, 0.15) is 11.3 Å².